The zero-order chi connectivity index (χ0) is 20.7. The molecule has 1 aliphatic rings. The second-order valence-corrected chi connectivity index (χ2v) is 6.26. The minimum atomic E-state index is -4.97. The molecule has 12 heteroatoms. The zero-order valence-corrected chi connectivity index (χ0v) is 14.5. The standard InChI is InChI=1S/C16H16F3N5O4/c1-14(27,12(20)25)15(13(26)22-6-7-28-15)11-10(16(17,18)19)8-24(23-11)9-2-4-21-5-3-9/h2-5,8,27H,6-7H2,1H3,(H2,20,25)(H,22,26). The van der Waals surface area contributed by atoms with Crippen LogP contribution in [0.2, 0.25) is 0 Å². The highest BCUT2D eigenvalue weighted by Crippen LogP contribution is 2.44. The van der Waals surface area contributed by atoms with Crippen molar-refractivity contribution in [1.29, 1.82) is 0 Å². The number of amides is 2. The molecule has 9 nitrogen and oxygen atoms in total. The molecule has 1 saturated heterocycles. The number of hydrogen-bond donors (Lipinski definition) is 3. The molecule has 150 valence electrons. The summed E-state index contributed by atoms with van der Waals surface area (Å²) in [7, 11) is 0. The molecule has 0 bridgehead atoms. The van der Waals surface area contributed by atoms with Gasteiger partial charge in [0.05, 0.1) is 12.3 Å². The third kappa shape index (κ3) is 2.90. The lowest BCUT2D eigenvalue weighted by Gasteiger charge is -2.43. The second kappa shape index (κ2) is 6.56. The summed E-state index contributed by atoms with van der Waals surface area (Å²) in [5, 5.41) is 16.8. The van der Waals surface area contributed by atoms with Gasteiger partial charge in [-0.05, 0) is 19.1 Å². The monoisotopic (exact) mass is 399 g/mol. The zero-order valence-electron chi connectivity index (χ0n) is 14.5. The van der Waals surface area contributed by atoms with Crippen molar-refractivity contribution in [3.8, 4) is 5.69 Å². The highest BCUT2D eigenvalue weighted by atomic mass is 19.4. The van der Waals surface area contributed by atoms with Crippen molar-refractivity contribution in [2.45, 2.75) is 24.3 Å². The summed E-state index contributed by atoms with van der Waals surface area (Å²) < 4.78 is 47.5. The summed E-state index contributed by atoms with van der Waals surface area (Å²) in [5.74, 6) is -2.61. The Morgan fingerprint density at radius 2 is 2.04 bits per heavy atom. The van der Waals surface area contributed by atoms with E-state index in [2.05, 4.69) is 15.4 Å². The molecule has 1 fully saturated rings. The van der Waals surface area contributed by atoms with Crippen LogP contribution < -0.4 is 11.1 Å². The van der Waals surface area contributed by atoms with Gasteiger partial charge in [0.2, 0.25) is 5.60 Å². The van der Waals surface area contributed by atoms with E-state index in [9.17, 15) is 27.9 Å². The molecule has 2 aromatic rings. The Bertz CT molecular complexity index is 913. The number of aromatic nitrogens is 3. The van der Waals surface area contributed by atoms with Gasteiger partial charge in [-0.15, -0.1) is 0 Å². The molecule has 0 spiro atoms. The van der Waals surface area contributed by atoms with E-state index < -0.39 is 40.5 Å². The van der Waals surface area contributed by atoms with Gasteiger partial charge in [0, 0.05) is 25.1 Å². The molecule has 2 amide bonds. The normalized spacial score (nSPS) is 22.4. The number of morpholine rings is 1. The number of primary amides is 1. The fourth-order valence-electron chi connectivity index (χ4n) is 2.97. The van der Waals surface area contributed by atoms with E-state index in [-0.39, 0.29) is 18.8 Å². The summed E-state index contributed by atoms with van der Waals surface area (Å²) in [6.45, 7) is 0.516. The quantitative estimate of drug-likeness (QED) is 0.656. The van der Waals surface area contributed by atoms with E-state index in [4.69, 9.17) is 10.5 Å². The van der Waals surface area contributed by atoms with Crippen LogP contribution in [0.1, 0.15) is 18.2 Å². The maximum Gasteiger partial charge on any atom is 0.419 e. The van der Waals surface area contributed by atoms with E-state index in [0.29, 0.717) is 6.20 Å². The van der Waals surface area contributed by atoms with Gasteiger partial charge >= 0.3 is 6.18 Å². The Labute approximate surface area is 156 Å². The Morgan fingerprint density at radius 1 is 1.39 bits per heavy atom. The first-order chi connectivity index (χ1) is 13.0. The van der Waals surface area contributed by atoms with Crippen LogP contribution in [-0.2, 0) is 26.1 Å². The number of alkyl halides is 3. The van der Waals surface area contributed by atoms with Gasteiger partial charge in [-0.2, -0.15) is 18.3 Å². The lowest BCUT2D eigenvalue weighted by atomic mass is 9.77. The third-order valence-electron chi connectivity index (χ3n) is 4.47. The minimum absolute atomic E-state index is 0.0260. The second-order valence-electron chi connectivity index (χ2n) is 6.26. The number of hydrogen-bond acceptors (Lipinski definition) is 6. The van der Waals surface area contributed by atoms with E-state index in [1.54, 1.807) is 0 Å². The number of halogens is 3. The Balaban J connectivity index is 2.33. The first-order valence-electron chi connectivity index (χ1n) is 8.04. The number of ether oxygens (including phenoxy) is 1. The number of nitrogens with zero attached hydrogens (tertiary/aromatic N) is 3. The van der Waals surface area contributed by atoms with Crippen LogP contribution in [0.5, 0.6) is 0 Å². The number of aliphatic hydroxyl groups is 1. The number of rotatable bonds is 4. The van der Waals surface area contributed by atoms with Gasteiger partial charge in [-0.3, -0.25) is 14.6 Å². The van der Waals surface area contributed by atoms with Crippen molar-refractivity contribution in [3.63, 3.8) is 0 Å². The Morgan fingerprint density at radius 3 is 2.57 bits per heavy atom. The molecule has 28 heavy (non-hydrogen) atoms. The van der Waals surface area contributed by atoms with Crippen LogP contribution in [0, 0.1) is 0 Å². The minimum Gasteiger partial charge on any atom is -0.377 e. The summed E-state index contributed by atoms with van der Waals surface area (Å²) in [6, 6.07) is 2.77. The maximum atomic E-state index is 13.8. The third-order valence-corrected chi connectivity index (χ3v) is 4.47. The average molecular weight is 399 g/mol. The fourth-order valence-corrected chi connectivity index (χ4v) is 2.97. The molecular weight excluding hydrogens is 383 g/mol. The van der Waals surface area contributed by atoms with E-state index in [1.807, 2.05) is 0 Å². The number of pyridine rings is 1. The lowest BCUT2D eigenvalue weighted by Crippen LogP contribution is -2.68. The van der Waals surface area contributed by atoms with Crippen LogP contribution in [0.15, 0.2) is 30.7 Å². The van der Waals surface area contributed by atoms with Gasteiger partial charge in [-0.1, -0.05) is 0 Å². The van der Waals surface area contributed by atoms with E-state index >= 15 is 0 Å². The topological polar surface area (TPSA) is 132 Å². The number of carbonyl (C=O) groups is 2. The van der Waals surface area contributed by atoms with Crippen LogP contribution in [0.4, 0.5) is 13.2 Å². The van der Waals surface area contributed by atoms with Gasteiger partial charge in [0.1, 0.15) is 11.3 Å². The lowest BCUT2D eigenvalue weighted by molar-refractivity contribution is -0.207. The first kappa shape index (κ1) is 19.8. The highest BCUT2D eigenvalue weighted by molar-refractivity contribution is 5.97. The molecule has 0 aromatic carbocycles. The smallest absolute Gasteiger partial charge is 0.377 e. The predicted octanol–water partition coefficient (Wildman–Crippen LogP) is -0.136. The van der Waals surface area contributed by atoms with Crippen molar-refractivity contribution >= 4 is 11.8 Å². The largest absolute Gasteiger partial charge is 0.419 e. The molecule has 0 saturated carbocycles. The van der Waals surface area contributed by atoms with Crippen molar-refractivity contribution in [3.05, 3.63) is 42.0 Å². The van der Waals surface area contributed by atoms with Crippen molar-refractivity contribution in [2.24, 2.45) is 5.73 Å². The molecule has 2 atom stereocenters. The molecule has 0 aliphatic carbocycles. The molecule has 3 heterocycles. The number of carbonyl (C=O) groups excluding carboxylic acids is 2. The highest BCUT2D eigenvalue weighted by Gasteiger charge is 2.64. The van der Waals surface area contributed by atoms with Crippen molar-refractivity contribution in [1.82, 2.24) is 20.1 Å². The summed E-state index contributed by atoms with van der Waals surface area (Å²) in [4.78, 5) is 28.3. The van der Waals surface area contributed by atoms with E-state index in [1.165, 1.54) is 24.5 Å². The first-order valence-corrected chi connectivity index (χ1v) is 8.04. The van der Waals surface area contributed by atoms with Gasteiger partial charge in [0.15, 0.2) is 5.60 Å². The summed E-state index contributed by atoms with van der Waals surface area (Å²) >= 11 is 0. The molecular formula is C16H16F3N5O4. The molecule has 2 unspecified atom stereocenters. The van der Waals surface area contributed by atoms with Crippen LogP contribution in [0.3, 0.4) is 0 Å². The van der Waals surface area contributed by atoms with Gasteiger partial charge in [-0.25, -0.2) is 4.68 Å². The maximum absolute atomic E-state index is 13.8. The molecule has 4 N–H and O–H groups in total. The van der Waals surface area contributed by atoms with Crippen LogP contribution >= 0.6 is 0 Å². The Hall–Kier alpha value is -2.99. The summed E-state index contributed by atoms with van der Waals surface area (Å²) in [6.07, 6.45) is -1.66. The predicted molar refractivity (Wildman–Crippen MR) is 86.8 cm³/mol. The molecule has 3 rings (SSSR count). The van der Waals surface area contributed by atoms with E-state index in [0.717, 1.165) is 11.6 Å². The van der Waals surface area contributed by atoms with Crippen LogP contribution in [-0.4, -0.2) is 50.4 Å². The Kier molecular flexibility index (Phi) is 4.63. The molecule has 1 aliphatic heterocycles. The number of nitrogens with one attached hydrogen (secondary N) is 1. The molecule has 0 radical (unpaired) electrons. The number of nitrogens with two attached hydrogens (primary N) is 1. The van der Waals surface area contributed by atoms with Crippen LogP contribution in [0.25, 0.3) is 5.69 Å². The fraction of sp³-hybridized carbons (Fsp3) is 0.375. The average Bonchev–Trinajstić information content (AvgIpc) is 3.09. The van der Waals surface area contributed by atoms with Crippen molar-refractivity contribution < 1.29 is 32.6 Å². The van der Waals surface area contributed by atoms with Gasteiger partial charge in [0.25, 0.3) is 11.8 Å². The van der Waals surface area contributed by atoms with Gasteiger partial charge < -0.3 is 20.9 Å². The SMILES string of the molecule is CC(O)(C(N)=O)C1(c2nn(-c3ccncc3)cc2C(F)(F)F)OCCNC1=O. The van der Waals surface area contributed by atoms with Crippen molar-refractivity contribution in [2.75, 3.05) is 13.2 Å². The molecule has 2 aromatic heterocycles. The summed E-state index contributed by atoms with van der Waals surface area (Å²) in [5.41, 5.74) is -2.55.